The van der Waals surface area contributed by atoms with Crippen molar-refractivity contribution in [2.24, 2.45) is 25.0 Å². The minimum absolute atomic E-state index is 0.785. The Hall–Kier alpha value is -0.270. The molecule has 214 valence electrons. The van der Waals surface area contributed by atoms with Gasteiger partial charge in [-0.2, -0.15) is 13.5 Å². The molecule has 0 atom stereocenters. The van der Waals surface area contributed by atoms with Gasteiger partial charge in [-0.3, -0.25) is 0 Å². The Morgan fingerprint density at radius 3 is 1.34 bits per heavy atom. The van der Waals surface area contributed by atoms with E-state index in [1.54, 1.807) is 0 Å². The van der Waals surface area contributed by atoms with E-state index in [4.69, 9.17) is 56.4 Å². The molecule has 2 aromatic rings. The van der Waals surface area contributed by atoms with Crippen molar-refractivity contribution in [1.29, 1.82) is 0 Å². The fraction of sp³-hybridized carbons (Fsp3) is 0.455. The average Bonchev–Trinajstić information content (AvgIpc) is 2.85. The summed E-state index contributed by atoms with van der Waals surface area (Å²) >= 11 is 25.1. The van der Waals surface area contributed by atoms with Crippen LogP contribution in [-0.2, 0) is 0 Å². The smallest absolute Gasteiger partial charge is 0.266 e. The van der Waals surface area contributed by atoms with Crippen molar-refractivity contribution in [1.82, 2.24) is 10.6 Å². The number of nitrogens with two attached hydrogens (primary N) is 2. The Bertz CT molecular complexity index is 1030. The number of para-hydroxylation sites is 2. The van der Waals surface area contributed by atoms with Crippen molar-refractivity contribution in [2.45, 2.75) is 25.7 Å². The lowest BCUT2D eigenvalue weighted by Gasteiger charge is -2.29. The summed E-state index contributed by atoms with van der Waals surface area (Å²) in [7, 11) is -2.85. The van der Waals surface area contributed by atoms with Crippen LogP contribution in [-0.4, -0.2) is 39.3 Å². The van der Waals surface area contributed by atoms with E-state index in [1.807, 2.05) is 60.7 Å². The van der Waals surface area contributed by atoms with Crippen LogP contribution in [0.3, 0.4) is 0 Å². The van der Waals surface area contributed by atoms with Gasteiger partial charge in [-0.15, -0.1) is 0 Å². The van der Waals surface area contributed by atoms with Gasteiger partial charge in [0.1, 0.15) is 0 Å². The highest BCUT2D eigenvalue weighted by Crippen LogP contribution is 2.84. The van der Waals surface area contributed by atoms with Crippen molar-refractivity contribution in [3.8, 4) is 0 Å². The Balaban J connectivity index is 0.000000312. The fourth-order valence-electron chi connectivity index (χ4n) is 3.20. The molecule has 0 aromatic heterocycles. The van der Waals surface area contributed by atoms with Crippen molar-refractivity contribution in [3.05, 3.63) is 60.7 Å². The molecule has 38 heavy (non-hydrogen) atoms. The Morgan fingerprint density at radius 2 is 0.947 bits per heavy atom. The highest BCUT2D eigenvalue weighted by Gasteiger charge is 2.34. The topological polar surface area (TPSA) is 137 Å². The first-order valence-electron chi connectivity index (χ1n) is 12.4. The van der Waals surface area contributed by atoms with Gasteiger partial charge in [-0.25, -0.2) is 0 Å². The normalized spacial score (nSPS) is 16.6. The summed E-state index contributed by atoms with van der Waals surface area (Å²) in [5.74, 6) is -6.09. The minimum Gasteiger partial charge on any atom is -0.330 e. The van der Waals surface area contributed by atoms with Gasteiger partial charge in [0.2, 0.25) is 0 Å². The first-order chi connectivity index (χ1) is 18.2. The lowest BCUT2D eigenvalue weighted by Crippen LogP contribution is -2.22. The van der Waals surface area contributed by atoms with E-state index in [1.165, 1.54) is 12.8 Å². The number of nitrogens with one attached hydrogen (secondary N) is 4. The maximum atomic E-state index is 6.26. The molecular weight excluding hydrogens is 625 g/mol. The largest absolute Gasteiger partial charge is 0.330 e. The second-order valence-electron chi connectivity index (χ2n) is 8.23. The van der Waals surface area contributed by atoms with E-state index in [2.05, 4.69) is 34.4 Å². The highest BCUT2D eigenvalue weighted by molar-refractivity contribution is 8.21. The molecule has 2 aromatic carbocycles. The third-order valence-electron chi connectivity index (χ3n) is 4.88. The predicted octanol–water partition coefficient (Wildman–Crippen LogP) is 8.66. The van der Waals surface area contributed by atoms with Gasteiger partial charge in [-0.1, -0.05) is 36.4 Å². The lowest BCUT2D eigenvalue weighted by atomic mass is 10.3. The number of unbranched alkanes of at least 4 members (excludes halogenated alkanes) is 1. The molecule has 1 aliphatic rings. The molecule has 8 N–H and O–H groups in total. The van der Waals surface area contributed by atoms with Gasteiger partial charge in [-0.05, 0) is 134 Å². The number of hydrogen-bond acceptors (Lipinski definition) is 9. The molecule has 0 fully saturated rings. The summed E-state index contributed by atoms with van der Waals surface area (Å²) in [5, 5.41) is 13.3. The standard InChI is InChI=1S/C12H12Cl4N5P3.C10H26N4/c13-22(14)19-23(15,16)21-24(20-22,17-11-7-3-1-4-8-11)18-12-9-5-2-6-10-12;11-5-3-9-13-7-1-2-8-14-10-4-6-12/h1-10,17-18H;13-14H,1-12H2. The van der Waals surface area contributed by atoms with Crippen molar-refractivity contribution < 1.29 is 0 Å². The summed E-state index contributed by atoms with van der Waals surface area (Å²) in [6, 6.07) is 18.9. The van der Waals surface area contributed by atoms with E-state index in [9.17, 15) is 0 Å². The van der Waals surface area contributed by atoms with E-state index in [0.29, 0.717) is 0 Å². The molecule has 9 nitrogen and oxygen atoms in total. The first-order valence-corrected chi connectivity index (χ1v) is 21.1. The van der Waals surface area contributed by atoms with Gasteiger partial charge < -0.3 is 32.3 Å². The van der Waals surface area contributed by atoms with Crippen LogP contribution in [0.25, 0.3) is 0 Å². The van der Waals surface area contributed by atoms with Crippen molar-refractivity contribution in [2.75, 3.05) is 49.4 Å². The van der Waals surface area contributed by atoms with Crippen LogP contribution in [0.1, 0.15) is 25.7 Å². The molecule has 0 spiro atoms. The van der Waals surface area contributed by atoms with Crippen LogP contribution in [0.4, 0.5) is 11.4 Å². The number of benzene rings is 2. The second-order valence-corrected chi connectivity index (χ2v) is 20.5. The summed E-state index contributed by atoms with van der Waals surface area (Å²) in [5.41, 5.74) is 12.3. The molecule has 0 unspecified atom stereocenters. The van der Waals surface area contributed by atoms with Crippen LogP contribution in [0, 0.1) is 0 Å². The van der Waals surface area contributed by atoms with Gasteiger partial charge >= 0.3 is 0 Å². The van der Waals surface area contributed by atoms with Crippen LogP contribution >= 0.6 is 64.3 Å². The molecule has 1 heterocycles. The van der Waals surface area contributed by atoms with E-state index in [0.717, 1.165) is 63.5 Å². The number of rotatable bonds is 15. The van der Waals surface area contributed by atoms with Crippen molar-refractivity contribution >= 4 is 75.7 Å². The number of hydrogen-bond donors (Lipinski definition) is 6. The van der Waals surface area contributed by atoms with Crippen molar-refractivity contribution in [3.63, 3.8) is 0 Å². The summed E-state index contributed by atoms with van der Waals surface area (Å²) < 4.78 is 13.0. The fourth-order valence-corrected chi connectivity index (χ4v) is 18.2. The third kappa shape index (κ3) is 14.4. The molecule has 0 saturated carbocycles. The van der Waals surface area contributed by atoms with E-state index >= 15 is 0 Å². The minimum atomic E-state index is -3.04. The van der Waals surface area contributed by atoms with Crippen LogP contribution in [0.5, 0.6) is 0 Å². The average molecular weight is 663 g/mol. The number of nitrogens with zero attached hydrogens (tertiary/aromatic N) is 3. The molecule has 16 heteroatoms. The Kier molecular flexibility index (Phi) is 16.3. The quantitative estimate of drug-likeness (QED) is 0.0834. The maximum Gasteiger partial charge on any atom is 0.266 e. The zero-order valence-electron chi connectivity index (χ0n) is 21.2. The zero-order valence-corrected chi connectivity index (χ0v) is 26.9. The van der Waals surface area contributed by atoms with Crippen LogP contribution < -0.4 is 32.3 Å². The Morgan fingerprint density at radius 1 is 0.553 bits per heavy atom. The maximum absolute atomic E-state index is 6.26. The molecule has 0 saturated heterocycles. The molecule has 1 aliphatic heterocycles. The summed E-state index contributed by atoms with van der Waals surface area (Å²) in [6.07, 6.45) is 4.63. The number of anilines is 2. The van der Waals surface area contributed by atoms with Crippen LogP contribution in [0.15, 0.2) is 74.2 Å². The lowest BCUT2D eigenvalue weighted by molar-refractivity contribution is 0.570. The SMILES string of the molecule is ClP1(Cl)=NP(Cl)(Cl)=NP(Nc2ccccc2)(Nc2ccccc2)=N1.NCCCNCCCCNCCCN. The van der Waals surface area contributed by atoms with E-state index < -0.39 is 19.3 Å². The molecule has 0 radical (unpaired) electrons. The molecule has 3 rings (SSSR count). The molecule has 0 bridgehead atoms. The molecule has 0 amide bonds. The zero-order chi connectivity index (χ0) is 27.7. The first kappa shape index (κ1) is 33.9. The van der Waals surface area contributed by atoms with Gasteiger partial charge in [0.15, 0.2) is 0 Å². The van der Waals surface area contributed by atoms with Gasteiger partial charge in [0.25, 0.3) is 19.3 Å². The Labute approximate surface area is 246 Å². The second kappa shape index (κ2) is 18.2. The van der Waals surface area contributed by atoms with E-state index in [-0.39, 0.29) is 0 Å². The van der Waals surface area contributed by atoms with Gasteiger partial charge in [0, 0.05) is 11.4 Å². The summed E-state index contributed by atoms with van der Waals surface area (Å²) in [6.45, 7) is 5.90. The monoisotopic (exact) mass is 661 g/mol. The summed E-state index contributed by atoms with van der Waals surface area (Å²) in [4.78, 5) is 0. The molecule has 0 aliphatic carbocycles. The highest BCUT2D eigenvalue weighted by atomic mass is 35.9. The van der Waals surface area contributed by atoms with Gasteiger partial charge in [0.05, 0.1) is 0 Å². The third-order valence-corrected chi connectivity index (χ3v) is 16.4. The van der Waals surface area contributed by atoms with Crippen LogP contribution in [0.2, 0.25) is 0 Å². The predicted molar refractivity (Wildman–Crippen MR) is 174 cm³/mol. The molecular formula is C22H38Cl4N9P3. The number of halogens is 4.